The number of benzene rings is 1. The van der Waals surface area contributed by atoms with Gasteiger partial charge >= 0.3 is 0 Å². The fraction of sp³-hybridized carbons (Fsp3) is 0.571. The molecule has 0 aliphatic rings. The van der Waals surface area contributed by atoms with Crippen molar-refractivity contribution in [3.05, 3.63) is 28.8 Å². The summed E-state index contributed by atoms with van der Waals surface area (Å²) >= 11 is 5.95. The van der Waals surface area contributed by atoms with Gasteiger partial charge in [0.25, 0.3) is 6.43 Å². The fourth-order valence-electron chi connectivity index (χ4n) is 1.71. The number of halogens is 3. The van der Waals surface area contributed by atoms with Crippen molar-refractivity contribution in [1.82, 2.24) is 5.32 Å². The highest BCUT2D eigenvalue weighted by Crippen LogP contribution is 2.25. The molecule has 0 atom stereocenters. The van der Waals surface area contributed by atoms with Gasteiger partial charge < -0.3 is 10.2 Å². The van der Waals surface area contributed by atoms with Gasteiger partial charge in [-0.15, -0.1) is 0 Å². The molecule has 0 amide bonds. The summed E-state index contributed by atoms with van der Waals surface area (Å²) in [7, 11) is 1.65. The molecule has 0 aromatic heterocycles. The van der Waals surface area contributed by atoms with Crippen LogP contribution in [0.4, 0.5) is 14.5 Å². The summed E-state index contributed by atoms with van der Waals surface area (Å²) in [6.07, 6.45) is -2.37. The number of alkyl halides is 2. The number of nitrogens with one attached hydrogen (secondary N) is 1. The average Bonchev–Trinajstić information content (AvgIpc) is 2.25. The zero-order valence-corrected chi connectivity index (χ0v) is 12.6. The van der Waals surface area contributed by atoms with Crippen molar-refractivity contribution in [3.63, 3.8) is 0 Å². The van der Waals surface area contributed by atoms with Crippen LogP contribution in [0.25, 0.3) is 0 Å². The molecule has 0 heterocycles. The minimum Gasteiger partial charge on any atom is -0.369 e. The molecule has 0 bridgehead atoms. The molecule has 0 unspecified atom stereocenters. The van der Waals surface area contributed by atoms with Gasteiger partial charge in [0.05, 0.1) is 6.54 Å². The van der Waals surface area contributed by atoms with E-state index in [2.05, 4.69) is 26.1 Å². The molecule has 1 rings (SSSR count). The first kappa shape index (κ1) is 16.2. The Morgan fingerprint density at radius 2 is 1.95 bits per heavy atom. The summed E-state index contributed by atoms with van der Waals surface area (Å²) in [5.74, 6) is 0. The molecule has 108 valence electrons. The maximum atomic E-state index is 12.5. The average molecular weight is 291 g/mol. The van der Waals surface area contributed by atoms with Crippen molar-refractivity contribution < 1.29 is 8.78 Å². The van der Waals surface area contributed by atoms with Crippen molar-refractivity contribution in [1.29, 1.82) is 0 Å². The smallest absolute Gasteiger partial charge is 0.255 e. The molecule has 0 aliphatic heterocycles. The zero-order valence-electron chi connectivity index (χ0n) is 11.8. The molecule has 19 heavy (non-hydrogen) atoms. The van der Waals surface area contributed by atoms with Gasteiger partial charge in [0, 0.05) is 29.8 Å². The van der Waals surface area contributed by atoms with Crippen LogP contribution in [-0.4, -0.2) is 25.6 Å². The fourth-order valence-corrected chi connectivity index (χ4v) is 1.87. The quantitative estimate of drug-likeness (QED) is 0.884. The maximum Gasteiger partial charge on any atom is 0.255 e. The highest BCUT2D eigenvalue weighted by molar-refractivity contribution is 6.30. The van der Waals surface area contributed by atoms with Crippen molar-refractivity contribution in [2.75, 3.05) is 18.5 Å². The minimum atomic E-state index is -2.37. The van der Waals surface area contributed by atoms with E-state index in [-0.39, 0.29) is 12.1 Å². The normalized spacial score (nSPS) is 12.0. The van der Waals surface area contributed by atoms with Crippen LogP contribution in [0.5, 0.6) is 0 Å². The molecule has 0 radical (unpaired) electrons. The summed E-state index contributed by atoms with van der Waals surface area (Å²) < 4.78 is 25.0. The summed E-state index contributed by atoms with van der Waals surface area (Å²) in [5, 5.41) is 3.90. The Morgan fingerprint density at radius 1 is 1.32 bits per heavy atom. The molecular formula is C14H21ClF2N2. The first-order valence-corrected chi connectivity index (χ1v) is 6.59. The third-order valence-electron chi connectivity index (χ3n) is 2.68. The first-order chi connectivity index (χ1) is 8.69. The van der Waals surface area contributed by atoms with Crippen molar-refractivity contribution in [2.24, 2.45) is 0 Å². The highest BCUT2D eigenvalue weighted by Gasteiger charge is 2.15. The Bertz CT molecular complexity index is 416. The van der Waals surface area contributed by atoms with E-state index in [1.165, 1.54) is 4.90 Å². The first-order valence-electron chi connectivity index (χ1n) is 6.22. The molecular weight excluding hydrogens is 270 g/mol. The molecule has 1 N–H and O–H groups in total. The summed E-state index contributed by atoms with van der Waals surface area (Å²) in [6, 6.07) is 5.38. The van der Waals surface area contributed by atoms with Crippen LogP contribution >= 0.6 is 11.6 Å². The van der Waals surface area contributed by atoms with Crippen LogP contribution in [0.2, 0.25) is 5.02 Å². The van der Waals surface area contributed by atoms with Crippen LogP contribution < -0.4 is 10.2 Å². The van der Waals surface area contributed by atoms with Gasteiger partial charge in [-0.05, 0) is 38.5 Å². The van der Waals surface area contributed by atoms with Crippen molar-refractivity contribution >= 4 is 17.3 Å². The largest absolute Gasteiger partial charge is 0.369 e. The van der Waals surface area contributed by atoms with E-state index < -0.39 is 6.43 Å². The molecule has 1 aromatic rings. The maximum absolute atomic E-state index is 12.5. The lowest BCUT2D eigenvalue weighted by Gasteiger charge is -2.25. The summed E-state index contributed by atoms with van der Waals surface area (Å²) in [4.78, 5) is 1.54. The molecule has 1 aromatic carbocycles. The standard InChI is InChI=1S/C14H21ClF2N2/c1-14(2,3)18-8-10-5-6-11(15)7-12(10)19(4)9-13(16)17/h5-7,13,18H,8-9H2,1-4H3. The van der Waals surface area contributed by atoms with Gasteiger partial charge in [0.2, 0.25) is 0 Å². The van der Waals surface area contributed by atoms with Gasteiger partial charge in [-0.1, -0.05) is 17.7 Å². The topological polar surface area (TPSA) is 15.3 Å². The van der Waals surface area contributed by atoms with E-state index in [0.717, 1.165) is 11.3 Å². The third-order valence-corrected chi connectivity index (χ3v) is 2.91. The van der Waals surface area contributed by atoms with Crippen LogP contribution in [0.15, 0.2) is 18.2 Å². The summed E-state index contributed by atoms with van der Waals surface area (Å²) in [5.41, 5.74) is 1.67. The van der Waals surface area contributed by atoms with E-state index >= 15 is 0 Å². The SMILES string of the molecule is CN(CC(F)F)c1cc(Cl)ccc1CNC(C)(C)C. The Hall–Kier alpha value is -0.870. The van der Waals surface area contributed by atoms with Crippen LogP contribution in [0, 0.1) is 0 Å². The van der Waals surface area contributed by atoms with E-state index in [9.17, 15) is 8.78 Å². The van der Waals surface area contributed by atoms with Crippen molar-refractivity contribution in [3.8, 4) is 0 Å². The number of hydrogen-bond acceptors (Lipinski definition) is 2. The second kappa shape index (κ2) is 6.53. The van der Waals surface area contributed by atoms with Gasteiger partial charge in [-0.3, -0.25) is 0 Å². The number of anilines is 1. The van der Waals surface area contributed by atoms with E-state index in [1.54, 1.807) is 19.2 Å². The number of hydrogen-bond donors (Lipinski definition) is 1. The Balaban J connectivity index is 2.91. The predicted octanol–water partition coefficient (Wildman–Crippen LogP) is 3.93. The van der Waals surface area contributed by atoms with E-state index in [4.69, 9.17) is 11.6 Å². The molecule has 0 saturated heterocycles. The van der Waals surface area contributed by atoms with Crippen LogP contribution in [0.3, 0.4) is 0 Å². The molecule has 5 heteroatoms. The number of nitrogens with zero attached hydrogens (tertiary/aromatic N) is 1. The lowest BCUT2D eigenvalue weighted by Crippen LogP contribution is -2.35. The molecule has 2 nitrogen and oxygen atoms in total. The Labute approximate surface area is 118 Å². The lowest BCUT2D eigenvalue weighted by molar-refractivity contribution is 0.156. The Kier molecular flexibility index (Phi) is 5.56. The second-order valence-electron chi connectivity index (χ2n) is 5.65. The van der Waals surface area contributed by atoms with Crippen LogP contribution in [0.1, 0.15) is 26.3 Å². The summed E-state index contributed by atoms with van der Waals surface area (Å²) in [6.45, 7) is 6.49. The van der Waals surface area contributed by atoms with Crippen LogP contribution in [-0.2, 0) is 6.54 Å². The Morgan fingerprint density at radius 3 is 2.47 bits per heavy atom. The molecule has 0 spiro atoms. The van der Waals surface area contributed by atoms with Gasteiger partial charge in [0.1, 0.15) is 0 Å². The second-order valence-corrected chi connectivity index (χ2v) is 6.08. The zero-order chi connectivity index (χ0) is 14.6. The minimum absolute atomic E-state index is 0.0296. The predicted molar refractivity (Wildman–Crippen MR) is 77.3 cm³/mol. The molecule has 0 saturated carbocycles. The lowest BCUT2D eigenvalue weighted by atomic mass is 10.1. The molecule has 0 fully saturated rings. The molecule has 0 aliphatic carbocycles. The van der Waals surface area contributed by atoms with Gasteiger partial charge in [-0.25, -0.2) is 8.78 Å². The van der Waals surface area contributed by atoms with Crippen molar-refractivity contribution in [2.45, 2.75) is 39.3 Å². The number of rotatable bonds is 5. The van der Waals surface area contributed by atoms with E-state index in [1.807, 2.05) is 6.07 Å². The monoisotopic (exact) mass is 290 g/mol. The van der Waals surface area contributed by atoms with Gasteiger partial charge in [0.15, 0.2) is 0 Å². The highest BCUT2D eigenvalue weighted by atomic mass is 35.5. The third kappa shape index (κ3) is 5.74. The van der Waals surface area contributed by atoms with E-state index in [0.29, 0.717) is 11.6 Å². The van der Waals surface area contributed by atoms with Gasteiger partial charge in [-0.2, -0.15) is 0 Å².